The van der Waals surface area contributed by atoms with Crippen LogP contribution in [0.25, 0.3) is 5.57 Å². The van der Waals surface area contributed by atoms with E-state index in [2.05, 4.69) is 0 Å². The number of methoxy groups -OCH3 is 1. The van der Waals surface area contributed by atoms with Gasteiger partial charge in [-0.05, 0) is 41.0 Å². The minimum Gasteiger partial charge on any atom is -0.503 e. The average molecular weight is 407 g/mol. The highest BCUT2D eigenvalue weighted by molar-refractivity contribution is 6.05. The number of aliphatic hydroxyl groups is 1. The molecule has 4 rings (SSSR count). The molecule has 4 nitrogen and oxygen atoms in total. The largest absolute Gasteiger partial charge is 0.503 e. The van der Waals surface area contributed by atoms with Crippen molar-refractivity contribution >= 4 is 11.5 Å². The Labute approximate surface area is 172 Å². The molecule has 0 saturated heterocycles. The molecule has 0 saturated carbocycles. The Bertz CT molecular complexity index is 1110. The zero-order chi connectivity index (χ0) is 21.3. The van der Waals surface area contributed by atoms with Crippen molar-refractivity contribution < 1.29 is 23.4 Å². The molecule has 1 N–H and O–H groups in total. The van der Waals surface area contributed by atoms with Gasteiger partial charge in [-0.3, -0.25) is 4.79 Å². The summed E-state index contributed by atoms with van der Waals surface area (Å²) in [6.45, 7) is 0.201. The molecule has 6 heteroatoms. The highest BCUT2D eigenvalue weighted by Gasteiger charge is 2.41. The number of carbonyl (C=O) groups is 1. The highest BCUT2D eigenvalue weighted by atomic mass is 19.2. The lowest BCUT2D eigenvalue weighted by molar-refractivity contribution is -0.130. The second-order valence-corrected chi connectivity index (χ2v) is 6.99. The van der Waals surface area contributed by atoms with Gasteiger partial charge in [0.05, 0.1) is 13.2 Å². The van der Waals surface area contributed by atoms with Crippen LogP contribution in [0.4, 0.5) is 8.78 Å². The number of nitrogens with zero attached hydrogens (tertiary/aromatic N) is 1. The molecule has 152 valence electrons. The van der Waals surface area contributed by atoms with Crippen LogP contribution in [0.3, 0.4) is 0 Å². The van der Waals surface area contributed by atoms with Crippen LogP contribution >= 0.6 is 0 Å². The van der Waals surface area contributed by atoms with Crippen molar-refractivity contribution in [1.29, 1.82) is 0 Å². The summed E-state index contributed by atoms with van der Waals surface area (Å²) in [6, 6.07) is 18.9. The molecule has 3 aromatic rings. The summed E-state index contributed by atoms with van der Waals surface area (Å²) in [7, 11) is 1.54. The average Bonchev–Trinajstić information content (AvgIpc) is 3.01. The van der Waals surface area contributed by atoms with Gasteiger partial charge in [-0.2, -0.15) is 0 Å². The molecule has 3 aromatic carbocycles. The lowest BCUT2D eigenvalue weighted by atomic mass is 9.93. The van der Waals surface area contributed by atoms with Gasteiger partial charge in [-0.25, -0.2) is 8.78 Å². The first-order chi connectivity index (χ1) is 14.5. The van der Waals surface area contributed by atoms with Crippen molar-refractivity contribution in [2.45, 2.75) is 12.6 Å². The summed E-state index contributed by atoms with van der Waals surface area (Å²) in [6.07, 6.45) is 0. The van der Waals surface area contributed by atoms with E-state index in [0.29, 0.717) is 22.4 Å². The molecule has 1 heterocycles. The first-order valence-corrected chi connectivity index (χ1v) is 9.37. The molecule has 0 unspecified atom stereocenters. The minimum atomic E-state index is -1.01. The quantitative estimate of drug-likeness (QED) is 0.646. The summed E-state index contributed by atoms with van der Waals surface area (Å²) < 4.78 is 32.8. The Balaban J connectivity index is 1.83. The van der Waals surface area contributed by atoms with Crippen molar-refractivity contribution in [2.75, 3.05) is 7.11 Å². The van der Waals surface area contributed by atoms with E-state index in [4.69, 9.17) is 4.74 Å². The van der Waals surface area contributed by atoms with E-state index in [1.165, 1.54) is 18.1 Å². The van der Waals surface area contributed by atoms with Gasteiger partial charge in [0, 0.05) is 12.1 Å². The third-order valence-electron chi connectivity index (χ3n) is 5.16. The number of rotatable bonds is 5. The number of aliphatic hydroxyl groups excluding tert-OH is 1. The molecule has 0 fully saturated rings. The maximum Gasteiger partial charge on any atom is 0.290 e. The Kier molecular flexibility index (Phi) is 5.23. The van der Waals surface area contributed by atoms with Gasteiger partial charge in [0.2, 0.25) is 0 Å². The van der Waals surface area contributed by atoms with Crippen molar-refractivity contribution in [1.82, 2.24) is 4.90 Å². The van der Waals surface area contributed by atoms with E-state index in [-0.39, 0.29) is 6.54 Å². The van der Waals surface area contributed by atoms with Gasteiger partial charge in [-0.1, -0.05) is 48.5 Å². The van der Waals surface area contributed by atoms with Crippen LogP contribution in [0, 0.1) is 11.6 Å². The summed E-state index contributed by atoms with van der Waals surface area (Å²) in [5, 5.41) is 10.7. The molecule has 0 spiro atoms. The van der Waals surface area contributed by atoms with Crippen LogP contribution in [0.2, 0.25) is 0 Å². The fraction of sp³-hybridized carbons (Fsp3) is 0.125. The maximum absolute atomic E-state index is 14.0. The summed E-state index contributed by atoms with van der Waals surface area (Å²) >= 11 is 0. The van der Waals surface area contributed by atoms with Gasteiger partial charge in [-0.15, -0.1) is 0 Å². The third kappa shape index (κ3) is 3.52. The molecule has 1 aliphatic heterocycles. The Morgan fingerprint density at radius 3 is 2.30 bits per heavy atom. The number of hydrogen-bond acceptors (Lipinski definition) is 3. The van der Waals surface area contributed by atoms with Gasteiger partial charge in [0.15, 0.2) is 17.4 Å². The van der Waals surface area contributed by atoms with Gasteiger partial charge >= 0.3 is 0 Å². The lowest BCUT2D eigenvalue weighted by Crippen LogP contribution is -2.30. The Morgan fingerprint density at radius 2 is 1.67 bits per heavy atom. The SMILES string of the molecule is COc1ccc(C2=C(O)C(=O)N(Cc3ccccc3)[C@@H]2c2ccc(F)c(F)c2)cc1. The smallest absolute Gasteiger partial charge is 0.290 e. The molecule has 0 aromatic heterocycles. The van der Waals surface area contributed by atoms with Crippen LogP contribution in [-0.2, 0) is 11.3 Å². The van der Waals surface area contributed by atoms with E-state index in [1.54, 1.807) is 24.3 Å². The standard InChI is InChI=1S/C24H19F2NO3/c1-30-18-10-7-16(8-11-18)21-22(17-9-12-19(25)20(26)13-17)27(24(29)23(21)28)14-15-5-3-2-4-6-15/h2-13,22,28H,14H2,1H3/t22-/m1/s1. The van der Waals surface area contributed by atoms with Crippen molar-refractivity contribution in [3.8, 4) is 5.75 Å². The predicted molar refractivity (Wildman–Crippen MR) is 109 cm³/mol. The Hall–Kier alpha value is -3.67. The van der Waals surface area contributed by atoms with Crippen molar-refractivity contribution in [2.24, 2.45) is 0 Å². The van der Waals surface area contributed by atoms with E-state index >= 15 is 0 Å². The van der Waals surface area contributed by atoms with Crippen LogP contribution in [0.15, 0.2) is 78.6 Å². The van der Waals surface area contributed by atoms with Crippen LogP contribution in [0.1, 0.15) is 22.7 Å². The molecule has 0 aliphatic carbocycles. The number of hydrogen-bond donors (Lipinski definition) is 1. The Morgan fingerprint density at radius 1 is 0.967 bits per heavy atom. The fourth-order valence-electron chi connectivity index (χ4n) is 3.69. The van der Waals surface area contributed by atoms with Gasteiger partial charge < -0.3 is 14.7 Å². The number of ether oxygens (including phenoxy) is 1. The summed E-state index contributed by atoms with van der Waals surface area (Å²) in [5.74, 6) is -2.35. The molecule has 0 radical (unpaired) electrons. The van der Waals surface area contributed by atoms with E-state index in [0.717, 1.165) is 17.7 Å². The highest BCUT2D eigenvalue weighted by Crippen LogP contribution is 2.44. The monoisotopic (exact) mass is 407 g/mol. The van der Waals surface area contributed by atoms with Crippen LogP contribution in [0.5, 0.6) is 5.75 Å². The molecule has 30 heavy (non-hydrogen) atoms. The zero-order valence-electron chi connectivity index (χ0n) is 16.2. The number of carbonyl (C=O) groups excluding carboxylic acids is 1. The first-order valence-electron chi connectivity index (χ1n) is 9.37. The summed E-state index contributed by atoms with van der Waals surface area (Å²) in [4.78, 5) is 14.4. The minimum absolute atomic E-state index is 0.201. The van der Waals surface area contributed by atoms with Gasteiger partial charge in [0.25, 0.3) is 5.91 Å². The number of amides is 1. The zero-order valence-corrected chi connectivity index (χ0v) is 16.2. The number of benzene rings is 3. The normalized spacial score (nSPS) is 16.3. The molecule has 1 atom stereocenters. The third-order valence-corrected chi connectivity index (χ3v) is 5.16. The molecular formula is C24H19F2NO3. The van der Waals surface area contributed by atoms with E-state index in [1.807, 2.05) is 30.3 Å². The summed E-state index contributed by atoms with van der Waals surface area (Å²) in [5.41, 5.74) is 2.15. The second-order valence-electron chi connectivity index (χ2n) is 6.99. The second kappa shape index (κ2) is 7.99. The molecular weight excluding hydrogens is 388 g/mol. The van der Waals surface area contributed by atoms with Crippen LogP contribution < -0.4 is 4.74 Å². The number of halogens is 2. The van der Waals surface area contributed by atoms with Crippen molar-refractivity contribution in [3.63, 3.8) is 0 Å². The molecule has 1 aliphatic rings. The van der Waals surface area contributed by atoms with Crippen LogP contribution in [-0.4, -0.2) is 23.0 Å². The van der Waals surface area contributed by atoms with E-state index in [9.17, 15) is 18.7 Å². The molecule has 1 amide bonds. The van der Waals surface area contributed by atoms with Gasteiger partial charge in [0.1, 0.15) is 5.75 Å². The first kappa shape index (κ1) is 19.6. The predicted octanol–water partition coefficient (Wildman–Crippen LogP) is 5.03. The lowest BCUT2D eigenvalue weighted by Gasteiger charge is -2.27. The topological polar surface area (TPSA) is 49.8 Å². The van der Waals surface area contributed by atoms with Crippen molar-refractivity contribution in [3.05, 3.63) is 107 Å². The maximum atomic E-state index is 14.0. The molecule has 0 bridgehead atoms. The fourth-order valence-corrected chi connectivity index (χ4v) is 3.69. The van der Waals surface area contributed by atoms with E-state index < -0.39 is 29.3 Å².